The zero-order valence-corrected chi connectivity index (χ0v) is 12.3. The van der Waals surface area contributed by atoms with Gasteiger partial charge < -0.3 is 5.32 Å². The number of halogens is 1. The smallest absolute Gasteiger partial charge is 0.0438 e. The fraction of sp³-hybridized carbons (Fsp3) is 0.625. The Hall–Kier alpha value is -0.530. The molecule has 18 heavy (non-hydrogen) atoms. The molecule has 1 nitrogen and oxygen atoms in total. The summed E-state index contributed by atoms with van der Waals surface area (Å²) < 4.78 is 0. The van der Waals surface area contributed by atoms with E-state index in [1.807, 2.05) is 12.1 Å². The molecule has 0 saturated heterocycles. The molecular formula is C16H24ClN. The van der Waals surface area contributed by atoms with E-state index >= 15 is 0 Å². The van der Waals surface area contributed by atoms with Gasteiger partial charge >= 0.3 is 0 Å². The first-order valence-electron chi connectivity index (χ1n) is 7.12. The lowest BCUT2D eigenvalue weighted by molar-refractivity contribution is 0.222. The molecule has 1 unspecified atom stereocenters. The van der Waals surface area contributed by atoms with Crippen LogP contribution in [0.4, 0.5) is 0 Å². The molecule has 0 heterocycles. The maximum atomic E-state index is 6.29. The van der Waals surface area contributed by atoms with Crippen LogP contribution in [0.25, 0.3) is 0 Å². The molecule has 0 bridgehead atoms. The van der Waals surface area contributed by atoms with E-state index in [4.69, 9.17) is 11.6 Å². The van der Waals surface area contributed by atoms with Crippen LogP contribution >= 0.6 is 11.6 Å². The van der Waals surface area contributed by atoms with Gasteiger partial charge in [0.25, 0.3) is 0 Å². The van der Waals surface area contributed by atoms with Crippen LogP contribution in [0.15, 0.2) is 24.3 Å². The first kappa shape index (κ1) is 13.9. The van der Waals surface area contributed by atoms with Gasteiger partial charge in [-0.25, -0.2) is 0 Å². The molecule has 0 amide bonds. The van der Waals surface area contributed by atoms with E-state index in [0.717, 1.165) is 18.0 Å². The third-order valence-electron chi connectivity index (χ3n) is 4.42. The van der Waals surface area contributed by atoms with Crippen LogP contribution in [-0.2, 0) is 6.42 Å². The summed E-state index contributed by atoms with van der Waals surface area (Å²) in [6, 6.07) is 8.79. The third kappa shape index (κ3) is 3.07. The van der Waals surface area contributed by atoms with Gasteiger partial charge in [-0.05, 0) is 42.9 Å². The fourth-order valence-electron chi connectivity index (χ4n) is 3.23. The third-order valence-corrected chi connectivity index (χ3v) is 4.79. The first-order chi connectivity index (χ1) is 8.65. The van der Waals surface area contributed by atoms with Gasteiger partial charge in [-0.2, -0.15) is 0 Å². The predicted molar refractivity (Wildman–Crippen MR) is 79.2 cm³/mol. The summed E-state index contributed by atoms with van der Waals surface area (Å²) in [5, 5.41) is 4.59. The zero-order chi connectivity index (χ0) is 13.0. The molecule has 1 N–H and O–H groups in total. The highest BCUT2D eigenvalue weighted by atomic mass is 35.5. The highest BCUT2D eigenvalue weighted by molar-refractivity contribution is 6.31. The number of hydrogen-bond acceptors (Lipinski definition) is 1. The highest BCUT2D eigenvalue weighted by Crippen LogP contribution is 2.41. The average Bonchev–Trinajstić information content (AvgIpc) is 2.79. The van der Waals surface area contributed by atoms with Crippen LogP contribution < -0.4 is 5.32 Å². The lowest BCUT2D eigenvalue weighted by Gasteiger charge is -2.35. The molecule has 0 spiro atoms. The predicted octanol–water partition coefficient (Wildman–Crippen LogP) is 4.44. The minimum atomic E-state index is 0.440. The molecule has 0 aliphatic heterocycles. The van der Waals surface area contributed by atoms with E-state index in [1.165, 1.54) is 31.2 Å². The van der Waals surface area contributed by atoms with Crippen LogP contribution in [0.5, 0.6) is 0 Å². The molecule has 0 radical (unpaired) electrons. The van der Waals surface area contributed by atoms with E-state index in [-0.39, 0.29) is 0 Å². The van der Waals surface area contributed by atoms with Gasteiger partial charge in [0.15, 0.2) is 0 Å². The van der Waals surface area contributed by atoms with Crippen LogP contribution in [0.1, 0.15) is 45.1 Å². The van der Waals surface area contributed by atoms with Crippen molar-refractivity contribution in [2.24, 2.45) is 5.41 Å². The van der Waals surface area contributed by atoms with Crippen LogP contribution in [-0.4, -0.2) is 12.6 Å². The van der Waals surface area contributed by atoms with Crippen LogP contribution in [0.2, 0.25) is 5.02 Å². The van der Waals surface area contributed by atoms with Crippen LogP contribution in [0, 0.1) is 5.41 Å². The average molecular weight is 266 g/mol. The molecule has 1 atom stereocenters. The Balaban J connectivity index is 2.13. The highest BCUT2D eigenvalue weighted by Gasteiger charge is 2.36. The second-order valence-electron chi connectivity index (χ2n) is 5.77. The summed E-state index contributed by atoms with van der Waals surface area (Å²) in [5.41, 5.74) is 1.72. The van der Waals surface area contributed by atoms with E-state index in [9.17, 15) is 0 Å². The van der Waals surface area contributed by atoms with Gasteiger partial charge in [0.1, 0.15) is 0 Å². The number of nitrogens with one attached hydrogen (secondary N) is 1. The Morgan fingerprint density at radius 1 is 1.28 bits per heavy atom. The van der Waals surface area contributed by atoms with Gasteiger partial charge in [-0.15, -0.1) is 0 Å². The van der Waals surface area contributed by atoms with Gasteiger partial charge in [-0.1, -0.05) is 56.5 Å². The molecule has 1 aliphatic carbocycles. The Labute approximate surface area is 116 Å². The number of likely N-dealkylation sites (N-methyl/N-ethyl adjacent to an activating group) is 1. The molecular weight excluding hydrogens is 242 g/mol. The molecule has 1 aromatic rings. The number of benzene rings is 1. The SMILES string of the molecule is CCNC(Cc1ccccc1Cl)C1(C)CCCC1. The molecule has 1 aromatic carbocycles. The van der Waals surface area contributed by atoms with Crippen molar-refractivity contribution in [1.82, 2.24) is 5.32 Å². The van der Waals surface area contributed by atoms with E-state index in [0.29, 0.717) is 11.5 Å². The van der Waals surface area contributed by atoms with Gasteiger partial charge in [0.05, 0.1) is 0 Å². The quantitative estimate of drug-likeness (QED) is 0.830. The van der Waals surface area contributed by atoms with E-state index in [1.54, 1.807) is 0 Å². The Kier molecular flexibility index (Phi) is 4.69. The Morgan fingerprint density at radius 3 is 2.56 bits per heavy atom. The molecule has 1 aliphatic rings. The monoisotopic (exact) mass is 265 g/mol. The minimum Gasteiger partial charge on any atom is -0.313 e. The van der Waals surface area contributed by atoms with Crippen molar-refractivity contribution in [2.75, 3.05) is 6.54 Å². The summed E-state index contributed by atoms with van der Waals surface area (Å²) in [5.74, 6) is 0. The summed E-state index contributed by atoms with van der Waals surface area (Å²) >= 11 is 6.29. The van der Waals surface area contributed by atoms with Crippen molar-refractivity contribution >= 4 is 11.6 Å². The Morgan fingerprint density at radius 2 is 1.94 bits per heavy atom. The van der Waals surface area contributed by atoms with Crippen molar-refractivity contribution < 1.29 is 0 Å². The number of hydrogen-bond donors (Lipinski definition) is 1. The molecule has 1 saturated carbocycles. The van der Waals surface area contributed by atoms with E-state index in [2.05, 4.69) is 31.3 Å². The molecule has 1 fully saturated rings. The fourth-order valence-corrected chi connectivity index (χ4v) is 3.44. The largest absolute Gasteiger partial charge is 0.313 e. The maximum absolute atomic E-state index is 6.29. The van der Waals surface area contributed by atoms with Crippen molar-refractivity contribution in [2.45, 2.75) is 52.0 Å². The molecule has 100 valence electrons. The lowest BCUT2D eigenvalue weighted by Crippen LogP contribution is -2.43. The summed E-state index contributed by atoms with van der Waals surface area (Å²) in [7, 11) is 0. The summed E-state index contributed by atoms with van der Waals surface area (Å²) in [6.45, 7) is 5.66. The van der Waals surface area contributed by atoms with Crippen LogP contribution in [0.3, 0.4) is 0 Å². The number of rotatable bonds is 5. The van der Waals surface area contributed by atoms with Gasteiger partial charge in [-0.3, -0.25) is 0 Å². The molecule has 2 heteroatoms. The van der Waals surface area contributed by atoms with Gasteiger partial charge in [0, 0.05) is 11.1 Å². The Bertz CT molecular complexity index is 382. The molecule has 0 aromatic heterocycles. The normalized spacial score (nSPS) is 19.9. The first-order valence-corrected chi connectivity index (χ1v) is 7.50. The molecule has 2 rings (SSSR count). The second kappa shape index (κ2) is 6.08. The van der Waals surface area contributed by atoms with Crippen molar-refractivity contribution in [3.63, 3.8) is 0 Å². The standard InChI is InChI=1S/C16H24ClN/c1-3-18-15(16(2)10-6-7-11-16)12-13-8-4-5-9-14(13)17/h4-5,8-9,15,18H,3,6-7,10-12H2,1-2H3. The topological polar surface area (TPSA) is 12.0 Å². The maximum Gasteiger partial charge on any atom is 0.0438 e. The van der Waals surface area contributed by atoms with Crippen molar-refractivity contribution in [3.05, 3.63) is 34.9 Å². The van der Waals surface area contributed by atoms with Gasteiger partial charge in [0.2, 0.25) is 0 Å². The summed E-state index contributed by atoms with van der Waals surface area (Å²) in [4.78, 5) is 0. The zero-order valence-electron chi connectivity index (χ0n) is 11.5. The van der Waals surface area contributed by atoms with Crippen molar-refractivity contribution in [1.29, 1.82) is 0 Å². The van der Waals surface area contributed by atoms with Crippen molar-refractivity contribution in [3.8, 4) is 0 Å². The minimum absolute atomic E-state index is 0.440. The lowest BCUT2D eigenvalue weighted by atomic mass is 9.78. The van der Waals surface area contributed by atoms with E-state index < -0.39 is 0 Å². The second-order valence-corrected chi connectivity index (χ2v) is 6.17. The summed E-state index contributed by atoms with van der Waals surface area (Å²) in [6.07, 6.45) is 6.48.